The van der Waals surface area contributed by atoms with Crippen molar-refractivity contribution < 1.29 is 23.9 Å². The summed E-state index contributed by atoms with van der Waals surface area (Å²) in [5.41, 5.74) is 8.53. The molecule has 0 bridgehead atoms. The van der Waals surface area contributed by atoms with E-state index in [9.17, 15) is 14.4 Å². The van der Waals surface area contributed by atoms with Crippen LogP contribution in [0.5, 0.6) is 5.75 Å². The maximum Gasteiger partial charge on any atom is 0.246 e. The third kappa shape index (κ3) is 9.22. The molecular formula is C45H54N8O5S2. The van der Waals surface area contributed by atoms with Crippen molar-refractivity contribution in [2.24, 2.45) is 10.4 Å². The van der Waals surface area contributed by atoms with Gasteiger partial charge in [-0.2, -0.15) is 0 Å². The topological polar surface area (TPSA) is 153 Å². The molecule has 5 heterocycles. The van der Waals surface area contributed by atoms with Gasteiger partial charge in [0.05, 0.1) is 35.0 Å². The second-order valence-corrected chi connectivity index (χ2v) is 18.6. The van der Waals surface area contributed by atoms with Crippen LogP contribution < -0.4 is 15.4 Å². The molecule has 0 saturated carbocycles. The van der Waals surface area contributed by atoms with Gasteiger partial charge in [0.15, 0.2) is 5.82 Å². The van der Waals surface area contributed by atoms with Crippen molar-refractivity contribution in [3.63, 3.8) is 0 Å². The molecule has 3 amide bonds. The zero-order valence-corrected chi connectivity index (χ0v) is 37.3. The van der Waals surface area contributed by atoms with Gasteiger partial charge in [0.2, 0.25) is 17.7 Å². The number of thiophene rings is 1. The Balaban J connectivity index is 0.864. The fourth-order valence-electron chi connectivity index (χ4n) is 7.69. The number of rotatable bonds is 14. The van der Waals surface area contributed by atoms with E-state index in [1.807, 2.05) is 95.6 Å². The summed E-state index contributed by atoms with van der Waals surface area (Å²) in [5, 5.41) is 15.8. The molecular weight excluding hydrogens is 797 g/mol. The summed E-state index contributed by atoms with van der Waals surface area (Å²) in [4.78, 5) is 53.9. The smallest absolute Gasteiger partial charge is 0.246 e. The fourth-order valence-corrected chi connectivity index (χ4v) is 9.71. The van der Waals surface area contributed by atoms with Crippen molar-refractivity contribution in [1.29, 1.82) is 0 Å². The van der Waals surface area contributed by atoms with Crippen LogP contribution >= 0.6 is 22.7 Å². The molecule has 2 aliphatic heterocycles. The Morgan fingerprint density at radius 3 is 2.40 bits per heavy atom. The van der Waals surface area contributed by atoms with E-state index < -0.39 is 17.5 Å². The molecule has 1 fully saturated rings. The second-order valence-electron chi connectivity index (χ2n) is 16.6. The first-order valence-electron chi connectivity index (χ1n) is 20.5. The molecule has 7 rings (SSSR count). The van der Waals surface area contributed by atoms with Crippen LogP contribution in [-0.4, -0.2) is 86.5 Å². The Labute approximate surface area is 359 Å². The van der Waals surface area contributed by atoms with Gasteiger partial charge in [-0.15, -0.1) is 32.9 Å². The average Bonchev–Trinajstić information content (AvgIpc) is 4.02. The Morgan fingerprint density at radius 1 is 0.967 bits per heavy atom. The number of nitrogens with zero attached hydrogens (tertiary/aromatic N) is 6. The predicted octanol–water partition coefficient (Wildman–Crippen LogP) is 7.22. The summed E-state index contributed by atoms with van der Waals surface area (Å²) in [5.74, 6) is 1.56. The molecule has 60 heavy (non-hydrogen) atoms. The van der Waals surface area contributed by atoms with E-state index in [0.717, 1.165) is 60.9 Å². The maximum atomic E-state index is 14.0. The number of hydrogen-bond donors (Lipinski definition) is 2. The Bertz CT molecular complexity index is 2370. The van der Waals surface area contributed by atoms with Gasteiger partial charge in [0, 0.05) is 35.5 Å². The zero-order chi connectivity index (χ0) is 42.7. The molecule has 15 heteroatoms. The van der Waals surface area contributed by atoms with Gasteiger partial charge in [-0.25, -0.2) is 4.98 Å². The Morgan fingerprint density at radius 2 is 1.70 bits per heavy atom. The van der Waals surface area contributed by atoms with E-state index in [1.165, 1.54) is 10.4 Å². The number of thiazole rings is 1. The number of likely N-dealkylation sites (tertiary alicyclic amines) is 1. The minimum absolute atomic E-state index is 0.158. The number of carbonyl (C=O) groups excluding carboxylic acids is 3. The molecule has 0 radical (unpaired) electrons. The number of amides is 3. The van der Waals surface area contributed by atoms with Crippen molar-refractivity contribution in [1.82, 2.24) is 35.3 Å². The number of hydrogen-bond acceptors (Lipinski definition) is 11. The summed E-state index contributed by atoms with van der Waals surface area (Å²) in [7, 11) is 0. The molecule has 316 valence electrons. The molecule has 2 aromatic carbocycles. The highest BCUT2D eigenvalue weighted by molar-refractivity contribution is 7.15. The van der Waals surface area contributed by atoms with E-state index in [1.54, 1.807) is 27.6 Å². The second kappa shape index (κ2) is 18.2. The summed E-state index contributed by atoms with van der Waals surface area (Å²) in [6, 6.07) is 14.4. The predicted molar refractivity (Wildman–Crippen MR) is 235 cm³/mol. The first-order valence-corrected chi connectivity index (χ1v) is 22.2. The standard InChI is InChI=1S/C45H54N8O5S2/c1-26-29(4)60-44-37(26)38(48-28(3)41-51-50-30(5)53(41)44)32-16-18-34(19-17-32)58-22-10-21-57-24-36(54)49-40(45(6,7)8)43(56)52-20-9-11-35(52)42(55)46-23-31-12-14-33(15-13-31)39-27(2)47-25-59-39/h12-19,25,28,35,40H,9-11,20-24H2,1-8H3,(H,46,55)(H,49,54). The minimum Gasteiger partial charge on any atom is -0.494 e. The first kappa shape index (κ1) is 42.9. The largest absolute Gasteiger partial charge is 0.494 e. The first-order chi connectivity index (χ1) is 28.7. The summed E-state index contributed by atoms with van der Waals surface area (Å²) >= 11 is 3.34. The van der Waals surface area contributed by atoms with Crippen LogP contribution in [0.4, 0.5) is 0 Å². The lowest BCUT2D eigenvalue weighted by atomic mass is 9.85. The molecule has 13 nitrogen and oxygen atoms in total. The molecule has 3 aromatic heterocycles. The zero-order valence-electron chi connectivity index (χ0n) is 35.6. The molecule has 5 aromatic rings. The molecule has 0 aliphatic carbocycles. The van der Waals surface area contributed by atoms with Gasteiger partial charge in [0.1, 0.15) is 41.3 Å². The molecule has 2 N–H and O–H groups in total. The number of ether oxygens (including phenoxy) is 2. The number of benzene rings is 2. The highest BCUT2D eigenvalue weighted by Crippen LogP contribution is 2.39. The highest BCUT2D eigenvalue weighted by atomic mass is 32.1. The van der Waals surface area contributed by atoms with Crippen molar-refractivity contribution in [3.8, 4) is 21.2 Å². The van der Waals surface area contributed by atoms with Crippen LogP contribution in [0.25, 0.3) is 15.4 Å². The van der Waals surface area contributed by atoms with Crippen LogP contribution in [0, 0.1) is 33.1 Å². The van der Waals surface area contributed by atoms with Crippen molar-refractivity contribution >= 4 is 46.1 Å². The normalized spacial score (nSPS) is 16.7. The molecule has 1 saturated heterocycles. The van der Waals surface area contributed by atoms with Gasteiger partial charge in [0.25, 0.3) is 0 Å². The quantitative estimate of drug-likeness (QED) is 0.111. The number of fused-ring (bicyclic) bond motifs is 3. The third-order valence-corrected chi connectivity index (χ3v) is 13.3. The lowest BCUT2D eigenvalue weighted by Gasteiger charge is -2.35. The fraction of sp³-hybridized carbons (Fsp3) is 0.444. The maximum absolute atomic E-state index is 14.0. The van der Waals surface area contributed by atoms with Crippen LogP contribution in [0.15, 0.2) is 59.0 Å². The number of aromatic nitrogens is 4. The van der Waals surface area contributed by atoms with Gasteiger partial charge >= 0.3 is 0 Å². The van der Waals surface area contributed by atoms with Crippen molar-refractivity contribution in [2.45, 2.75) is 99.3 Å². The van der Waals surface area contributed by atoms with E-state index in [0.29, 0.717) is 45.6 Å². The number of carbonyl (C=O) groups is 3. The molecule has 3 atom stereocenters. The van der Waals surface area contributed by atoms with E-state index in [2.05, 4.69) is 44.2 Å². The Kier molecular flexibility index (Phi) is 13.0. The minimum atomic E-state index is -0.827. The van der Waals surface area contributed by atoms with E-state index >= 15 is 0 Å². The van der Waals surface area contributed by atoms with Crippen LogP contribution in [0.2, 0.25) is 0 Å². The summed E-state index contributed by atoms with van der Waals surface area (Å²) in [6.07, 6.45) is 1.84. The van der Waals surface area contributed by atoms with E-state index in [4.69, 9.17) is 14.5 Å². The summed E-state index contributed by atoms with van der Waals surface area (Å²) < 4.78 is 13.9. The van der Waals surface area contributed by atoms with Gasteiger partial charge in [-0.05, 0) is 93.8 Å². The van der Waals surface area contributed by atoms with Gasteiger partial charge in [-0.3, -0.25) is 23.9 Å². The van der Waals surface area contributed by atoms with Crippen molar-refractivity contribution in [3.05, 3.63) is 98.5 Å². The lowest BCUT2D eigenvalue weighted by molar-refractivity contribution is -0.144. The highest BCUT2D eigenvalue weighted by Gasteiger charge is 2.42. The number of aliphatic imine (C=N–C) groups is 1. The van der Waals surface area contributed by atoms with Crippen molar-refractivity contribution in [2.75, 3.05) is 26.4 Å². The van der Waals surface area contributed by atoms with E-state index in [-0.39, 0.29) is 30.4 Å². The molecule has 0 spiro atoms. The van der Waals surface area contributed by atoms with Gasteiger partial charge in [-0.1, -0.05) is 45.0 Å². The Hall–Kier alpha value is -5.25. The monoisotopic (exact) mass is 850 g/mol. The van der Waals surface area contributed by atoms with Crippen LogP contribution in [0.1, 0.15) is 97.5 Å². The average molecular weight is 851 g/mol. The molecule has 2 aliphatic rings. The van der Waals surface area contributed by atoms with Crippen LogP contribution in [-0.2, 0) is 25.7 Å². The van der Waals surface area contributed by atoms with Crippen LogP contribution in [0.3, 0.4) is 0 Å². The third-order valence-electron chi connectivity index (χ3n) is 11.1. The SMILES string of the molecule is Cc1ncsc1-c1ccc(CNC(=O)C2CCCN2C(=O)C(NC(=O)COCCCOc2ccc(C3=NC(C)c4nnc(C)n4-c4sc(C)c(C)c43)cc2)C(C)(C)C)cc1. The van der Waals surface area contributed by atoms with Gasteiger partial charge < -0.3 is 25.0 Å². The number of nitrogens with one attached hydrogen (secondary N) is 2. The molecule has 3 unspecified atom stereocenters. The lowest BCUT2D eigenvalue weighted by Crippen LogP contribution is -2.58. The number of aryl methyl sites for hydroxylation is 3. The summed E-state index contributed by atoms with van der Waals surface area (Å²) in [6.45, 7) is 17.3.